The highest BCUT2D eigenvalue weighted by molar-refractivity contribution is 7.11. The summed E-state index contributed by atoms with van der Waals surface area (Å²) in [6.07, 6.45) is 0.872. The van der Waals surface area contributed by atoms with Crippen molar-refractivity contribution in [3.05, 3.63) is 15.6 Å². The highest BCUT2D eigenvalue weighted by Gasteiger charge is 2.25. The molecule has 0 unspecified atom stereocenters. The molecule has 1 aromatic rings. The first-order valence-corrected chi connectivity index (χ1v) is 6.69. The van der Waals surface area contributed by atoms with Crippen molar-refractivity contribution in [1.82, 2.24) is 15.2 Å². The molecular formula is C12H19N3OS. The number of hydrogen-bond donors (Lipinski definition) is 1. The second-order valence-electron chi connectivity index (χ2n) is 5.45. The van der Waals surface area contributed by atoms with Crippen LogP contribution in [-0.2, 0) is 13.0 Å². The minimum absolute atomic E-state index is 0.0224. The number of fused-ring (bicyclic) bond motifs is 1. The summed E-state index contributed by atoms with van der Waals surface area (Å²) in [5, 5.41) is 4.09. The Kier molecular flexibility index (Phi) is 3.12. The maximum Gasteiger partial charge on any atom is 0.318 e. The fourth-order valence-corrected chi connectivity index (χ4v) is 2.90. The quantitative estimate of drug-likeness (QED) is 0.771. The molecule has 0 atom stereocenters. The van der Waals surface area contributed by atoms with Crippen LogP contribution in [0.15, 0.2) is 0 Å². The van der Waals surface area contributed by atoms with E-state index >= 15 is 0 Å². The maximum absolute atomic E-state index is 12.0. The zero-order valence-corrected chi connectivity index (χ0v) is 11.6. The third-order valence-electron chi connectivity index (χ3n) is 2.61. The van der Waals surface area contributed by atoms with Crippen molar-refractivity contribution in [3.8, 4) is 0 Å². The summed E-state index contributed by atoms with van der Waals surface area (Å²) in [5.74, 6) is 0. The van der Waals surface area contributed by atoms with Gasteiger partial charge in [0.15, 0.2) is 0 Å². The van der Waals surface area contributed by atoms with Gasteiger partial charge in [0.1, 0.15) is 0 Å². The third kappa shape index (κ3) is 2.97. The van der Waals surface area contributed by atoms with Gasteiger partial charge in [0.25, 0.3) is 0 Å². The number of amides is 2. The van der Waals surface area contributed by atoms with E-state index in [0.717, 1.165) is 18.0 Å². The smallest absolute Gasteiger partial charge is 0.318 e. The van der Waals surface area contributed by atoms with Crippen LogP contribution in [0, 0.1) is 6.92 Å². The second-order valence-corrected chi connectivity index (χ2v) is 6.74. The van der Waals surface area contributed by atoms with Crippen molar-refractivity contribution in [2.45, 2.75) is 46.2 Å². The van der Waals surface area contributed by atoms with E-state index in [1.165, 1.54) is 10.6 Å². The first-order chi connectivity index (χ1) is 7.85. The number of aryl methyl sites for hydroxylation is 1. The molecule has 0 saturated heterocycles. The van der Waals surface area contributed by atoms with Crippen LogP contribution < -0.4 is 5.32 Å². The molecule has 4 nitrogen and oxygen atoms in total. The summed E-state index contributed by atoms with van der Waals surface area (Å²) >= 11 is 1.70. The predicted molar refractivity (Wildman–Crippen MR) is 69.2 cm³/mol. The summed E-state index contributed by atoms with van der Waals surface area (Å²) in [6, 6.07) is 0.0224. The Balaban J connectivity index is 2.05. The van der Waals surface area contributed by atoms with Gasteiger partial charge in [-0.25, -0.2) is 9.78 Å². The van der Waals surface area contributed by atoms with Gasteiger partial charge in [0.05, 0.1) is 17.2 Å². The number of carbonyl (C=O) groups is 1. The Morgan fingerprint density at radius 1 is 1.47 bits per heavy atom. The van der Waals surface area contributed by atoms with Crippen LogP contribution in [0.2, 0.25) is 0 Å². The Hall–Kier alpha value is -1.10. The Labute approximate surface area is 106 Å². The summed E-state index contributed by atoms with van der Waals surface area (Å²) in [6.45, 7) is 9.47. The molecule has 94 valence electrons. The lowest BCUT2D eigenvalue weighted by molar-refractivity contribution is 0.183. The number of nitrogens with one attached hydrogen (secondary N) is 1. The molecule has 1 aliphatic rings. The minimum atomic E-state index is -0.180. The predicted octanol–water partition coefficient (Wildman–Crippen LogP) is 2.32. The number of carbonyl (C=O) groups excluding carboxylic acids is 1. The topological polar surface area (TPSA) is 45.2 Å². The zero-order valence-electron chi connectivity index (χ0n) is 10.8. The molecule has 0 aliphatic carbocycles. The van der Waals surface area contributed by atoms with Gasteiger partial charge in [0.2, 0.25) is 0 Å². The van der Waals surface area contributed by atoms with Crippen LogP contribution in [0.4, 0.5) is 4.79 Å². The second kappa shape index (κ2) is 4.29. The van der Waals surface area contributed by atoms with Crippen LogP contribution in [0.1, 0.15) is 36.3 Å². The molecule has 0 aromatic carbocycles. The summed E-state index contributed by atoms with van der Waals surface area (Å²) in [4.78, 5) is 19.6. The highest BCUT2D eigenvalue weighted by Crippen LogP contribution is 2.24. The lowest BCUT2D eigenvalue weighted by Gasteiger charge is -2.30. The van der Waals surface area contributed by atoms with E-state index in [2.05, 4.69) is 10.3 Å². The van der Waals surface area contributed by atoms with Crippen LogP contribution >= 0.6 is 11.3 Å². The zero-order chi connectivity index (χ0) is 12.6. The average molecular weight is 253 g/mol. The Morgan fingerprint density at radius 3 is 2.82 bits per heavy atom. The lowest BCUT2D eigenvalue weighted by atomic mass is 10.1. The van der Waals surface area contributed by atoms with E-state index < -0.39 is 0 Å². The van der Waals surface area contributed by atoms with Gasteiger partial charge in [-0.15, -0.1) is 11.3 Å². The number of nitrogens with zero attached hydrogens (tertiary/aromatic N) is 2. The molecule has 0 fully saturated rings. The van der Waals surface area contributed by atoms with Crippen molar-refractivity contribution in [1.29, 1.82) is 0 Å². The van der Waals surface area contributed by atoms with Gasteiger partial charge in [-0.05, 0) is 27.7 Å². The van der Waals surface area contributed by atoms with Crippen LogP contribution in [0.3, 0.4) is 0 Å². The van der Waals surface area contributed by atoms with Gasteiger partial charge < -0.3 is 10.2 Å². The van der Waals surface area contributed by atoms with Crippen LogP contribution in [0.25, 0.3) is 0 Å². The van der Waals surface area contributed by atoms with Gasteiger partial charge in [-0.1, -0.05) is 0 Å². The Bertz CT molecular complexity index is 433. The first-order valence-electron chi connectivity index (χ1n) is 5.87. The van der Waals surface area contributed by atoms with Gasteiger partial charge in [0, 0.05) is 23.4 Å². The van der Waals surface area contributed by atoms with Crippen molar-refractivity contribution in [2.75, 3.05) is 6.54 Å². The number of hydrogen-bond acceptors (Lipinski definition) is 3. The minimum Gasteiger partial charge on any atom is -0.333 e. The molecule has 0 bridgehead atoms. The molecule has 2 rings (SSSR count). The van der Waals surface area contributed by atoms with Crippen LogP contribution in [0.5, 0.6) is 0 Å². The number of rotatable bonds is 0. The van der Waals surface area contributed by atoms with Crippen molar-refractivity contribution < 1.29 is 4.79 Å². The van der Waals surface area contributed by atoms with E-state index in [-0.39, 0.29) is 11.6 Å². The van der Waals surface area contributed by atoms with E-state index in [1.807, 2.05) is 32.6 Å². The molecular weight excluding hydrogens is 234 g/mol. The summed E-state index contributed by atoms with van der Waals surface area (Å²) in [5.41, 5.74) is 0.994. The van der Waals surface area contributed by atoms with E-state index in [4.69, 9.17) is 0 Å². The van der Waals surface area contributed by atoms with E-state index in [9.17, 15) is 4.79 Å². The molecule has 1 N–H and O–H groups in total. The summed E-state index contributed by atoms with van der Waals surface area (Å²) < 4.78 is 0. The van der Waals surface area contributed by atoms with Gasteiger partial charge in [-0.2, -0.15) is 0 Å². The Morgan fingerprint density at radius 2 is 2.18 bits per heavy atom. The van der Waals surface area contributed by atoms with Crippen molar-refractivity contribution in [3.63, 3.8) is 0 Å². The molecule has 1 aromatic heterocycles. The van der Waals surface area contributed by atoms with Crippen molar-refractivity contribution >= 4 is 17.4 Å². The third-order valence-corrected chi connectivity index (χ3v) is 3.61. The van der Waals surface area contributed by atoms with Gasteiger partial charge in [-0.3, -0.25) is 0 Å². The molecule has 17 heavy (non-hydrogen) atoms. The number of thiazole rings is 1. The largest absolute Gasteiger partial charge is 0.333 e. The van der Waals surface area contributed by atoms with E-state index in [1.54, 1.807) is 11.3 Å². The maximum atomic E-state index is 12.0. The average Bonchev–Trinajstić information content (AvgIpc) is 2.53. The lowest BCUT2D eigenvalue weighted by Crippen LogP contribution is -2.49. The molecule has 5 heteroatoms. The highest BCUT2D eigenvalue weighted by atomic mass is 32.1. The first kappa shape index (κ1) is 12.4. The molecule has 0 saturated carbocycles. The summed E-state index contributed by atoms with van der Waals surface area (Å²) in [7, 11) is 0. The molecule has 0 spiro atoms. The molecule has 2 amide bonds. The van der Waals surface area contributed by atoms with Crippen LogP contribution in [-0.4, -0.2) is 28.0 Å². The molecule has 0 radical (unpaired) electrons. The number of urea groups is 1. The van der Waals surface area contributed by atoms with Crippen molar-refractivity contribution in [2.24, 2.45) is 0 Å². The number of aromatic nitrogens is 1. The SMILES string of the molecule is Cc1nc2c(s1)CN(C(=O)NC(C)(C)C)CC2. The fraction of sp³-hybridized carbons (Fsp3) is 0.667. The standard InChI is InChI=1S/C12H19N3OS/c1-8-13-9-5-6-15(7-10(9)17-8)11(16)14-12(2,3)4/h5-7H2,1-4H3,(H,14,16). The molecule has 1 aliphatic heterocycles. The van der Waals surface area contributed by atoms with Gasteiger partial charge >= 0.3 is 6.03 Å². The monoisotopic (exact) mass is 253 g/mol. The normalized spacial score (nSPS) is 15.6. The fourth-order valence-electron chi connectivity index (χ4n) is 1.90. The van der Waals surface area contributed by atoms with E-state index in [0.29, 0.717) is 6.54 Å². The molecule has 2 heterocycles.